The molecule has 0 aromatic heterocycles. The van der Waals surface area contributed by atoms with Gasteiger partial charge in [-0.1, -0.05) is 31.4 Å². The van der Waals surface area contributed by atoms with Gasteiger partial charge in [-0.3, -0.25) is 9.10 Å². The average Bonchev–Trinajstić information content (AvgIpc) is 2.79. The third-order valence-electron chi connectivity index (χ3n) is 5.80. The molecule has 0 unspecified atom stereocenters. The van der Waals surface area contributed by atoms with E-state index in [-0.39, 0.29) is 16.8 Å². The van der Waals surface area contributed by atoms with Crippen molar-refractivity contribution in [2.45, 2.75) is 50.0 Å². The molecule has 1 amide bonds. The van der Waals surface area contributed by atoms with Gasteiger partial charge in [-0.2, -0.15) is 0 Å². The van der Waals surface area contributed by atoms with Crippen molar-refractivity contribution in [1.29, 1.82) is 0 Å². The molecule has 1 saturated carbocycles. The predicted molar refractivity (Wildman–Crippen MR) is 119 cm³/mol. The van der Waals surface area contributed by atoms with Crippen molar-refractivity contribution in [1.82, 2.24) is 4.90 Å². The van der Waals surface area contributed by atoms with Gasteiger partial charge in [0.25, 0.3) is 15.9 Å². The lowest BCUT2D eigenvalue weighted by molar-refractivity contribution is 0.0648. The summed E-state index contributed by atoms with van der Waals surface area (Å²) in [6.07, 6.45) is 5.61. The van der Waals surface area contributed by atoms with Crippen molar-refractivity contribution in [2.24, 2.45) is 0 Å². The first kappa shape index (κ1) is 22.2. The number of hydrogen-bond acceptors (Lipinski definition) is 4. The fraction of sp³-hybridized carbons (Fsp3) is 0.435. The maximum atomic E-state index is 13.1. The summed E-state index contributed by atoms with van der Waals surface area (Å²) in [4.78, 5) is 15.1. The summed E-state index contributed by atoms with van der Waals surface area (Å²) in [5.74, 6) is 0.438. The van der Waals surface area contributed by atoms with Crippen molar-refractivity contribution < 1.29 is 17.9 Å². The fourth-order valence-corrected chi connectivity index (χ4v) is 5.28. The van der Waals surface area contributed by atoms with Crippen molar-refractivity contribution >= 4 is 21.6 Å². The highest BCUT2D eigenvalue weighted by molar-refractivity contribution is 7.92. The minimum Gasteiger partial charge on any atom is -0.495 e. The maximum Gasteiger partial charge on any atom is 0.264 e. The van der Waals surface area contributed by atoms with Gasteiger partial charge in [-0.15, -0.1) is 0 Å². The Kier molecular flexibility index (Phi) is 7.02. The van der Waals surface area contributed by atoms with Crippen LogP contribution < -0.4 is 9.04 Å². The van der Waals surface area contributed by atoms with Gasteiger partial charge in [0.15, 0.2) is 0 Å². The van der Waals surface area contributed by atoms with Crippen LogP contribution in [0.1, 0.15) is 49.4 Å². The van der Waals surface area contributed by atoms with Gasteiger partial charge in [0, 0.05) is 25.2 Å². The van der Waals surface area contributed by atoms with Crippen LogP contribution in [0.4, 0.5) is 5.69 Å². The Labute approximate surface area is 179 Å². The van der Waals surface area contributed by atoms with E-state index in [4.69, 9.17) is 4.74 Å². The molecule has 0 aliphatic heterocycles. The van der Waals surface area contributed by atoms with Crippen LogP contribution >= 0.6 is 0 Å². The molecule has 2 aromatic rings. The molecule has 1 aliphatic rings. The minimum absolute atomic E-state index is 0.0357. The van der Waals surface area contributed by atoms with Crippen LogP contribution in [-0.4, -0.2) is 46.0 Å². The number of para-hydroxylation sites is 2. The normalized spacial score (nSPS) is 14.9. The van der Waals surface area contributed by atoms with Crippen molar-refractivity contribution in [3.63, 3.8) is 0 Å². The summed E-state index contributed by atoms with van der Waals surface area (Å²) in [6.45, 7) is 2.65. The molecule has 2 aromatic carbocycles. The van der Waals surface area contributed by atoms with Crippen LogP contribution in [0.2, 0.25) is 0 Å². The molecule has 3 rings (SSSR count). The zero-order chi connectivity index (χ0) is 21.7. The number of methoxy groups -OCH3 is 1. The van der Waals surface area contributed by atoms with E-state index in [0.29, 0.717) is 23.5 Å². The van der Waals surface area contributed by atoms with E-state index in [2.05, 4.69) is 0 Å². The zero-order valence-electron chi connectivity index (χ0n) is 17.9. The first-order chi connectivity index (χ1) is 14.4. The Morgan fingerprint density at radius 1 is 1.03 bits per heavy atom. The third-order valence-corrected chi connectivity index (χ3v) is 7.59. The van der Waals surface area contributed by atoms with E-state index in [1.54, 1.807) is 36.4 Å². The van der Waals surface area contributed by atoms with Crippen LogP contribution in [0.3, 0.4) is 0 Å². The Morgan fingerprint density at radius 2 is 1.67 bits per heavy atom. The molecule has 0 spiro atoms. The number of amides is 1. The highest BCUT2D eigenvalue weighted by Gasteiger charge is 2.27. The van der Waals surface area contributed by atoms with E-state index in [0.717, 1.165) is 25.7 Å². The second-order valence-electron chi connectivity index (χ2n) is 7.55. The Balaban J connectivity index is 1.82. The van der Waals surface area contributed by atoms with Gasteiger partial charge >= 0.3 is 0 Å². The summed E-state index contributed by atoms with van der Waals surface area (Å²) in [7, 11) is -0.785. The van der Waals surface area contributed by atoms with Gasteiger partial charge in [0.2, 0.25) is 0 Å². The number of carbonyl (C=O) groups is 1. The Morgan fingerprint density at radius 3 is 2.27 bits per heavy atom. The lowest BCUT2D eigenvalue weighted by Gasteiger charge is -2.33. The molecule has 0 heterocycles. The largest absolute Gasteiger partial charge is 0.495 e. The number of nitrogens with zero attached hydrogens (tertiary/aromatic N) is 2. The van der Waals surface area contributed by atoms with Crippen LogP contribution in [-0.2, 0) is 10.0 Å². The van der Waals surface area contributed by atoms with Crippen molar-refractivity contribution in [3.8, 4) is 5.75 Å². The lowest BCUT2D eigenvalue weighted by atomic mass is 9.93. The van der Waals surface area contributed by atoms with E-state index in [1.807, 2.05) is 11.8 Å². The van der Waals surface area contributed by atoms with Crippen LogP contribution in [0, 0.1) is 0 Å². The van der Waals surface area contributed by atoms with Gasteiger partial charge in [0.05, 0.1) is 17.7 Å². The van der Waals surface area contributed by atoms with Gasteiger partial charge < -0.3 is 9.64 Å². The SMILES string of the molecule is CCN(C(=O)c1ccc(S(=O)(=O)N(C)c2ccccc2OC)cc1)C1CCCCC1. The monoisotopic (exact) mass is 430 g/mol. The summed E-state index contributed by atoms with van der Waals surface area (Å²) < 4.78 is 32.7. The molecular formula is C23H30N2O4S. The highest BCUT2D eigenvalue weighted by Crippen LogP contribution is 2.31. The number of anilines is 1. The second kappa shape index (κ2) is 9.51. The molecule has 0 atom stereocenters. The standard InChI is InChI=1S/C23H30N2O4S/c1-4-25(19-10-6-5-7-11-19)23(26)18-14-16-20(17-15-18)30(27,28)24(2)21-12-8-9-13-22(21)29-3/h8-9,12-17,19H,4-7,10-11H2,1-3H3. The lowest BCUT2D eigenvalue weighted by Crippen LogP contribution is -2.41. The average molecular weight is 431 g/mol. The van der Waals surface area contributed by atoms with Crippen LogP contribution in [0.5, 0.6) is 5.75 Å². The van der Waals surface area contributed by atoms with Crippen LogP contribution in [0.25, 0.3) is 0 Å². The smallest absolute Gasteiger partial charge is 0.264 e. The summed E-state index contributed by atoms with van der Waals surface area (Å²) in [5, 5.41) is 0. The second-order valence-corrected chi connectivity index (χ2v) is 9.52. The topological polar surface area (TPSA) is 66.9 Å². The number of carbonyl (C=O) groups excluding carboxylic acids is 1. The molecule has 1 aliphatic carbocycles. The third kappa shape index (κ3) is 4.46. The molecule has 0 N–H and O–H groups in total. The molecule has 0 bridgehead atoms. The number of sulfonamides is 1. The summed E-state index contributed by atoms with van der Waals surface area (Å²) >= 11 is 0. The number of rotatable bonds is 7. The Bertz CT molecular complexity index is 967. The molecular weight excluding hydrogens is 400 g/mol. The van der Waals surface area contributed by atoms with Crippen molar-refractivity contribution in [3.05, 3.63) is 54.1 Å². The quantitative estimate of drug-likeness (QED) is 0.656. The van der Waals surface area contributed by atoms with Gasteiger partial charge in [-0.25, -0.2) is 8.42 Å². The number of ether oxygens (including phenoxy) is 1. The highest BCUT2D eigenvalue weighted by atomic mass is 32.2. The van der Waals surface area contributed by atoms with Gasteiger partial charge in [0.1, 0.15) is 5.75 Å². The van der Waals surface area contributed by atoms with Gasteiger partial charge in [-0.05, 0) is 56.2 Å². The van der Waals surface area contributed by atoms with E-state index < -0.39 is 10.0 Å². The molecule has 0 saturated heterocycles. The molecule has 30 heavy (non-hydrogen) atoms. The number of hydrogen-bond donors (Lipinski definition) is 0. The minimum atomic E-state index is -3.78. The van der Waals surface area contributed by atoms with Crippen LogP contribution in [0.15, 0.2) is 53.4 Å². The molecule has 1 fully saturated rings. The van der Waals surface area contributed by atoms with E-state index in [1.165, 1.54) is 37.0 Å². The molecule has 6 nitrogen and oxygen atoms in total. The molecule has 7 heteroatoms. The zero-order valence-corrected chi connectivity index (χ0v) is 18.7. The fourth-order valence-electron chi connectivity index (χ4n) is 4.07. The summed E-state index contributed by atoms with van der Waals surface area (Å²) in [6, 6.07) is 13.5. The molecule has 0 radical (unpaired) electrons. The van der Waals surface area contributed by atoms with E-state index in [9.17, 15) is 13.2 Å². The number of benzene rings is 2. The van der Waals surface area contributed by atoms with Crippen molar-refractivity contribution in [2.75, 3.05) is 25.0 Å². The first-order valence-corrected chi connectivity index (χ1v) is 11.9. The predicted octanol–water partition coefficient (Wildman–Crippen LogP) is 4.32. The Hall–Kier alpha value is -2.54. The first-order valence-electron chi connectivity index (χ1n) is 10.4. The molecule has 162 valence electrons. The maximum absolute atomic E-state index is 13.1. The van der Waals surface area contributed by atoms with E-state index >= 15 is 0 Å². The summed E-state index contributed by atoms with van der Waals surface area (Å²) in [5.41, 5.74) is 0.968.